The molecule has 90 valence electrons. The van der Waals surface area contributed by atoms with Crippen LogP contribution in [0.3, 0.4) is 0 Å². The van der Waals surface area contributed by atoms with E-state index in [9.17, 15) is 9.59 Å². The molecule has 0 spiro atoms. The molecule has 0 aliphatic carbocycles. The van der Waals surface area contributed by atoms with E-state index in [1.807, 2.05) is 6.92 Å². The van der Waals surface area contributed by atoms with E-state index in [0.717, 1.165) is 6.42 Å². The third-order valence-electron chi connectivity index (χ3n) is 1.70. The minimum absolute atomic E-state index is 0.271. The second-order valence-electron chi connectivity index (χ2n) is 3.59. The van der Waals surface area contributed by atoms with Crippen molar-refractivity contribution in [3.8, 4) is 0 Å². The van der Waals surface area contributed by atoms with Gasteiger partial charge in [0.15, 0.2) is 0 Å². The quantitative estimate of drug-likeness (QED) is 0.396. The van der Waals surface area contributed by atoms with Crippen LogP contribution in [-0.2, 0) is 19.1 Å². The summed E-state index contributed by atoms with van der Waals surface area (Å²) < 4.78 is 9.90. The minimum Gasteiger partial charge on any atom is -0.422 e. The fourth-order valence-electron chi connectivity index (χ4n) is 0.818. The van der Waals surface area contributed by atoms with Crippen LogP contribution in [-0.4, -0.2) is 18.2 Å². The zero-order valence-corrected chi connectivity index (χ0v) is 10.0. The van der Waals surface area contributed by atoms with Crippen molar-refractivity contribution in [2.45, 2.75) is 39.9 Å². The van der Waals surface area contributed by atoms with E-state index in [0.29, 0.717) is 6.42 Å². The highest BCUT2D eigenvalue weighted by Crippen LogP contribution is 2.09. The Balaban J connectivity index is 4.38. The molecule has 0 unspecified atom stereocenters. The summed E-state index contributed by atoms with van der Waals surface area (Å²) in [6.07, 6.45) is 0.328. The molecule has 0 aromatic rings. The van der Waals surface area contributed by atoms with Crippen LogP contribution in [0.1, 0.15) is 33.6 Å². The Labute approximate surface area is 95.9 Å². The van der Waals surface area contributed by atoms with Crippen molar-refractivity contribution in [3.05, 3.63) is 24.3 Å². The van der Waals surface area contributed by atoms with Crippen LogP contribution in [0.5, 0.6) is 0 Å². The lowest BCUT2D eigenvalue weighted by molar-refractivity contribution is -0.183. The lowest BCUT2D eigenvalue weighted by Gasteiger charge is -2.17. The first-order valence-corrected chi connectivity index (χ1v) is 5.11. The molecule has 0 atom stereocenters. The van der Waals surface area contributed by atoms with Gasteiger partial charge >= 0.3 is 11.9 Å². The largest absolute Gasteiger partial charge is 0.422 e. The molecule has 0 bridgehead atoms. The van der Waals surface area contributed by atoms with Gasteiger partial charge in [0.05, 0.1) is 0 Å². The minimum atomic E-state index is -0.863. The summed E-state index contributed by atoms with van der Waals surface area (Å²) in [4.78, 5) is 22.5. The van der Waals surface area contributed by atoms with Gasteiger partial charge in [-0.25, -0.2) is 9.59 Å². The SMILES string of the molecule is C=C(C)C(=O)OC(CCC)OC(=O)C(=C)C. The van der Waals surface area contributed by atoms with Crippen molar-refractivity contribution in [1.82, 2.24) is 0 Å². The number of rotatable bonds is 6. The van der Waals surface area contributed by atoms with Crippen LogP contribution in [0.4, 0.5) is 0 Å². The average Bonchev–Trinajstić information content (AvgIpc) is 2.17. The van der Waals surface area contributed by atoms with Crippen LogP contribution < -0.4 is 0 Å². The maximum absolute atomic E-state index is 11.2. The van der Waals surface area contributed by atoms with Crippen LogP contribution in [0, 0.1) is 0 Å². The third-order valence-corrected chi connectivity index (χ3v) is 1.70. The van der Waals surface area contributed by atoms with Gasteiger partial charge in [0.1, 0.15) is 0 Å². The predicted molar refractivity (Wildman–Crippen MR) is 60.5 cm³/mol. The summed E-state index contributed by atoms with van der Waals surface area (Å²) in [5.74, 6) is -1.12. The van der Waals surface area contributed by atoms with Gasteiger partial charge in [-0.1, -0.05) is 20.1 Å². The summed E-state index contributed by atoms with van der Waals surface area (Å²) in [6, 6.07) is 0. The smallest absolute Gasteiger partial charge is 0.336 e. The molecular formula is C12H18O4. The van der Waals surface area contributed by atoms with Crippen molar-refractivity contribution >= 4 is 11.9 Å². The summed E-state index contributed by atoms with van der Waals surface area (Å²) in [7, 11) is 0. The van der Waals surface area contributed by atoms with Gasteiger partial charge in [-0.15, -0.1) is 0 Å². The Kier molecular flexibility index (Phi) is 6.15. The lowest BCUT2D eigenvalue weighted by atomic mass is 10.3. The van der Waals surface area contributed by atoms with E-state index >= 15 is 0 Å². The van der Waals surface area contributed by atoms with E-state index in [2.05, 4.69) is 13.2 Å². The van der Waals surface area contributed by atoms with Crippen molar-refractivity contribution in [1.29, 1.82) is 0 Å². The topological polar surface area (TPSA) is 52.6 Å². The van der Waals surface area contributed by atoms with Crippen LogP contribution in [0.15, 0.2) is 24.3 Å². The Bertz CT molecular complexity index is 276. The molecule has 0 saturated carbocycles. The molecule has 16 heavy (non-hydrogen) atoms. The van der Waals surface area contributed by atoms with Crippen molar-refractivity contribution in [3.63, 3.8) is 0 Å². The van der Waals surface area contributed by atoms with Crippen molar-refractivity contribution in [2.75, 3.05) is 0 Å². The highest BCUT2D eigenvalue weighted by molar-refractivity contribution is 5.88. The fraction of sp³-hybridized carbons (Fsp3) is 0.500. The fourth-order valence-corrected chi connectivity index (χ4v) is 0.818. The Morgan fingerprint density at radius 2 is 1.44 bits per heavy atom. The van der Waals surface area contributed by atoms with Gasteiger partial charge in [0.2, 0.25) is 6.29 Å². The molecule has 4 nitrogen and oxygen atoms in total. The number of carbonyl (C=O) groups excluding carboxylic acids is 2. The highest BCUT2D eigenvalue weighted by Gasteiger charge is 2.18. The molecule has 0 aliphatic rings. The molecule has 0 radical (unpaired) electrons. The van der Waals surface area contributed by atoms with E-state index in [-0.39, 0.29) is 11.1 Å². The molecule has 0 N–H and O–H groups in total. The van der Waals surface area contributed by atoms with Crippen LogP contribution >= 0.6 is 0 Å². The zero-order valence-electron chi connectivity index (χ0n) is 10.0. The number of carbonyl (C=O) groups is 2. The van der Waals surface area contributed by atoms with Crippen LogP contribution in [0.25, 0.3) is 0 Å². The van der Waals surface area contributed by atoms with Crippen LogP contribution in [0.2, 0.25) is 0 Å². The normalized spacial score (nSPS) is 9.75. The molecule has 0 saturated heterocycles. The van der Waals surface area contributed by atoms with Crippen molar-refractivity contribution < 1.29 is 19.1 Å². The molecule has 0 aromatic carbocycles. The molecule has 0 aliphatic heterocycles. The first-order chi connectivity index (χ1) is 7.38. The molecule has 0 amide bonds. The van der Waals surface area contributed by atoms with E-state index in [4.69, 9.17) is 9.47 Å². The number of esters is 2. The number of hydrogen-bond acceptors (Lipinski definition) is 4. The summed E-state index contributed by atoms with van der Waals surface area (Å²) >= 11 is 0. The average molecular weight is 226 g/mol. The summed E-state index contributed by atoms with van der Waals surface area (Å²) in [5, 5.41) is 0. The Hall–Kier alpha value is -1.58. The second kappa shape index (κ2) is 6.82. The first kappa shape index (κ1) is 14.4. The standard InChI is InChI=1S/C12H18O4/c1-6-7-10(15-11(13)8(2)3)16-12(14)9(4)5/h10H,2,4,6-7H2,1,3,5H3. The van der Waals surface area contributed by atoms with Crippen molar-refractivity contribution in [2.24, 2.45) is 0 Å². The predicted octanol–water partition coefficient (Wildman–Crippen LogP) is 2.35. The highest BCUT2D eigenvalue weighted by atomic mass is 16.7. The maximum Gasteiger partial charge on any atom is 0.336 e. The van der Waals surface area contributed by atoms with E-state index in [1.165, 1.54) is 13.8 Å². The third kappa shape index (κ3) is 5.34. The van der Waals surface area contributed by atoms with Gasteiger partial charge in [-0.3, -0.25) is 0 Å². The van der Waals surface area contributed by atoms with Gasteiger partial charge in [0.25, 0.3) is 0 Å². The maximum atomic E-state index is 11.2. The first-order valence-electron chi connectivity index (χ1n) is 5.11. The number of ether oxygens (including phenoxy) is 2. The molecule has 0 aromatic heterocycles. The van der Waals surface area contributed by atoms with Gasteiger partial charge in [-0.2, -0.15) is 0 Å². The summed E-state index contributed by atoms with van der Waals surface area (Å²) in [6.45, 7) is 11.9. The van der Waals surface area contributed by atoms with Gasteiger partial charge < -0.3 is 9.47 Å². The molecule has 4 heteroatoms. The van der Waals surface area contributed by atoms with Gasteiger partial charge in [-0.05, 0) is 20.3 Å². The molecule has 0 fully saturated rings. The number of hydrogen-bond donors (Lipinski definition) is 0. The zero-order chi connectivity index (χ0) is 12.7. The van der Waals surface area contributed by atoms with E-state index < -0.39 is 18.2 Å². The summed E-state index contributed by atoms with van der Waals surface area (Å²) in [5.41, 5.74) is 0.542. The molecule has 0 rings (SSSR count). The second-order valence-corrected chi connectivity index (χ2v) is 3.59. The molecular weight excluding hydrogens is 208 g/mol. The Morgan fingerprint density at radius 3 is 1.69 bits per heavy atom. The Morgan fingerprint density at radius 1 is 1.06 bits per heavy atom. The lowest BCUT2D eigenvalue weighted by Crippen LogP contribution is -2.25. The van der Waals surface area contributed by atoms with E-state index in [1.54, 1.807) is 0 Å². The molecule has 0 heterocycles. The van der Waals surface area contributed by atoms with Gasteiger partial charge in [0, 0.05) is 17.6 Å². The monoisotopic (exact) mass is 226 g/mol.